The van der Waals surface area contributed by atoms with Gasteiger partial charge in [0.2, 0.25) is 0 Å². The molecule has 3 aromatic rings. The third kappa shape index (κ3) is 2.32. The van der Waals surface area contributed by atoms with Crippen molar-refractivity contribution in [2.75, 3.05) is 11.4 Å². The third-order valence-corrected chi connectivity index (χ3v) is 5.44. The van der Waals surface area contributed by atoms with E-state index in [0.717, 1.165) is 36.8 Å². The van der Waals surface area contributed by atoms with Crippen LogP contribution in [0.25, 0.3) is 10.8 Å². The maximum Gasteiger partial charge on any atom is 0.258 e. The molecule has 0 aliphatic carbocycles. The molecule has 1 aliphatic rings. The second kappa shape index (κ2) is 5.59. The number of nitrogens with zero attached hydrogens (tertiary/aromatic N) is 1. The molecule has 0 fully saturated rings. The number of hydrogen-bond acceptors (Lipinski definition) is 2. The quantitative estimate of drug-likeness (QED) is 0.616. The van der Waals surface area contributed by atoms with Gasteiger partial charge in [0, 0.05) is 32.3 Å². The van der Waals surface area contributed by atoms with E-state index in [0.29, 0.717) is 6.54 Å². The predicted octanol–water partition coefficient (Wildman–Crippen LogP) is 5.62. The van der Waals surface area contributed by atoms with Gasteiger partial charge in [-0.15, -0.1) is 0 Å². The summed E-state index contributed by atoms with van der Waals surface area (Å²) in [6, 6.07) is 17.9. The van der Waals surface area contributed by atoms with Crippen LogP contribution in [0, 0.1) is 0 Å². The first kappa shape index (κ1) is 14.6. The van der Waals surface area contributed by atoms with Crippen molar-refractivity contribution < 1.29 is 4.79 Å². The molecule has 4 rings (SSSR count). The van der Waals surface area contributed by atoms with Crippen LogP contribution in [-0.4, -0.2) is 12.5 Å². The van der Waals surface area contributed by atoms with E-state index in [-0.39, 0.29) is 5.91 Å². The maximum atomic E-state index is 12.5. The van der Waals surface area contributed by atoms with Crippen molar-refractivity contribution >= 4 is 45.7 Å². The zero-order valence-corrected chi connectivity index (χ0v) is 14.1. The Morgan fingerprint density at radius 1 is 1.04 bits per heavy atom. The van der Waals surface area contributed by atoms with Crippen LogP contribution in [0.1, 0.15) is 17.3 Å². The Morgan fingerprint density at radius 3 is 2.57 bits per heavy atom. The molecule has 1 heterocycles. The van der Waals surface area contributed by atoms with Gasteiger partial charge in [-0.3, -0.25) is 4.79 Å². The summed E-state index contributed by atoms with van der Waals surface area (Å²) in [7, 11) is 0. The minimum atomic E-state index is 0.0988. The van der Waals surface area contributed by atoms with E-state index in [9.17, 15) is 4.79 Å². The number of carbonyl (C=O) groups is 1. The van der Waals surface area contributed by atoms with Gasteiger partial charge < -0.3 is 4.90 Å². The molecule has 3 aromatic carbocycles. The minimum Gasteiger partial charge on any atom is -0.308 e. The molecule has 0 spiro atoms. The normalized spacial score (nSPS) is 13.1. The Bertz CT molecular complexity index is 921. The molecule has 0 saturated heterocycles. The van der Waals surface area contributed by atoms with Gasteiger partial charge in [0.1, 0.15) is 0 Å². The molecule has 1 amide bonds. The van der Waals surface area contributed by atoms with Crippen molar-refractivity contribution in [3.05, 3.63) is 65.2 Å². The first-order valence-corrected chi connectivity index (χ1v) is 8.69. The first-order valence-electron chi connectivity index (χ1n) is 7.50. The molecule has 0 aromatic heterocycles. The zero-order chi connectivity index (χ0) is 16.0. The Kier molecular flexibility index (Phi) is 3.55. The molecule has 4 heteroatoms. The van der Waals surface area contributed by atoms with E-state index < -0.39 is 0 Å². The summed E-state index contributed by atoms with van der Waals surface area (Å²) in [6.45, 7) is 2.69. The lowest BCUT2D eigenvalue weighted by Crippen LogP contribution is -2.25. The molecule has 0 atom stereocenters. The number of anilines is 1. The Balaban J connectivity index is 1.86. The highest BCUT2D eigenvalue weighted by molar-refractivity contribution is 7.99. The average Bonchev–Trinajstić information content (AvgIpc) is 2.85. The Morgan fingerprint density at radius 2 is 1.83 bits per heavy atom. The molecule has 1 aliphatic heterocycles. The number of amides is 1. The average molecular weight is 340 g/mol. The fourth-order valence-electron chi connectivity index (χ4n) is 3.05. The summed E-state index contributed by atoms with van der Waals surface area (Å²) in [5, 5.41) is 2.93. The largest absolute Gasteiger partial charge is 0.308 e. The molecule has 0 saturated carbocycles. The van der Waals surface area contributed by atoms with Crippen LogP contribution in [0.2, 0.25) is 5.02 Å². The Hall–Kier alpha value is -1.97. The van der Waals surface area contributed by atoms with Crippen molar-refractivity contribution in [2.45, 2.75) is 16.7 Å². The number of benzene rings is 3. The molecule has 114 valence electrons. The van der Waals surface area contributed by atoms with E-state index in [1.54, 1.807) is 11.8 Å². The molecule has 0 N–H and O–H groups in total. The van der Waals surface area contributed by atoms with Crippen LogP contribution < -0.4 is 4.90 Å². The van der Waals surface area contributed by atoms with Crippen LogP contribution in [0.3, 0.4) is 0 Å². The molecular formula is C19H14ClNOS. The highest BCUT2D eigenvalue weighted by Crippen LogP contribution is 2.42. The summed E-state index contributed by atoms with van der Waals surface area (Å²) < 4.78 is 0. The van der Waals surface area contributed by atoms with E-state index in [4.69, 9.17) is 11.6 Å². The lowest BCUT2D eigenvalue weighted by molar-refractivity contribution is 0.0994. The van der Waals surface area contributed by atoms with E-state index in [1.807, 2.05) is 60.4 Å². The summed E-state index contributed by atoms with van der Waals surface area (Å²) in [5.41, 5.74) is 1.82. The maximum absolute atomic E-state index is 12.5. The molecule has 0 bridgehead atoms. The summed E-state index contributed by atoms with van der Waals surface area (Å²) in [4.78, 5) is 16.6. The standard InChI is InChI=1S/C19H14ClNOS/c1-2-21-16-5-3-4-14-17(11-10-15(18(14)16)19(21)22)23-13-8-6-12(20)7-9-13/h3-11H,2H2,1H3. The van der Waals surface area contributed by atoms with Crippen LogP contribution in [0.4, 0.5) is 5.69 Å². The predicted molar refractivity (Wildman–Crippen MR) is 96.9 cm³/mol. The first-order chi connectivity index (χ1) is 11.2. The van der Waals surface area contributed by atoms with Gasteiger partial charge >= 0.3 is 0 Å². The highest BCUT2D eigenvalue weighted by Gasteiger charge is 2.29. The van der Waals surface area contributed by atoms with Crippen LogP contribution in [0.15, 0.2) is 64.4 Å². The summed E-state index contributed by atoms with van der Waals surface area (Å²) in [6.07, 6.45) is 0. The van der Waals surface area contributed by atoms with Gasteiger partial charge in [0.15, 0.2) is 0 Å². The summed E-state index contributed by atoms with van der Waals surface area (Å²) in [5.74, 6) is 0.0988. The Labute approximate surface area is 144 Å². The van der Waals surface area contributed by atoms with Crippen molar-refractivity contribution in [3.8, 4) is 0 Å². The second-order valence-electron chi connectivity index (χ2n) is 5.42. The fourth-order valence-corrected chi connectivity index (χ4v) is 4.12. The SMILES string of the molecule is CCN1C(=O)c2ccc(Sc3ccc(Cl)cc3)c3cccc1c23. The lowest BCUT2D eigenvalue weighted by Gasteiger charge is -2.14. The zero-order valence-electron chi connectivity index (χ0n) is 12.5. The van der Waals surface area contributed by atoms with Crippen LogP contribution in [-0.2, 0) is 0 Å². The molecule has 0 unspecified atom stereocenters. The molecule has 23 heavy (non-hydrogen) atoms. The molecule has 2 nitrogen and oxygen atoms in total. The topological polar surface area (TPSA) is 20.3 Å². The number of halogens is 1. The number of rotatable bonds is 3. The van der Waals surface area contributed by atoms with Crippen LogP contribution in [0.5, 0.6) is 0 Å². The molecule has 0 radical (unpaired) electrons. The smallest absolute Gasteiger partial charge is 0.258 e. The van der Waals surface area contributed by atoms with E-state index in [2.05, 4.69) is 6.07 Å². The van der Waals surface area contributed by atoms with Gasteiger partial charge in [0.25, 0.3) is 5.91 Å². The van der Waals surface area contributed by atoms with Crippen molar-refractivity contribution in [1.82, 2.24) is 0 Å². The van der Waals surface area contributed by atoms with Crippen molar-refractivity contribution in [3.63, 3.8) is 0 Å². The van der Waals surface area contributed by atoms with Crippen molar-refractivity contribution in [2.24, 2.45) is 0 Å². The van der Waals surface area contributed by atoms with E-state index >= 15 is 0 Å². The van der Waals surface area contributed by atoms with Gasteiger partial charge in [-0.2, -0.15) is 0 Å². The fraction of sp³-hybridized carbons (Fsp3) is 0.105. The minimum absolute atomic E-state index is 0.0988. The lowest BCUT2D eigenvalue weighted by atomic mass is 10.1. The van der Waals surface area contributed by atoms with Crippen molar-refractivity contribution in [1.29, 1.82) is 0 Å². The monoisotopic (exact) mass is 339 g/mol. The van der Waals surface area contributed by atoms with Gasteiger partial charge in [0.05, 0.1) is 5.69 Å². The van der Waals surface area contributed by atoms with Gasteiger partial charge in [-0.05, 0) is 54.8 Å². The van der Waals surface area contributed by atoms with Gasteiger partial charge in [-0.25, -0.2) is 0 Å². The molecular weight excluding hydrogens is 326 g/mol. The number of hydrogen-bond donors (Lipinski definition) is 0. The van der Waals surface area contributed by atoms with Crippen LogP contribution >= 0.6 is 23.4 Å². The number of carbonyl (C=O) groups excluding carboxylic acids is 1. The summed E-state index contributed by atoms with van der Waals surface area (Å²) >= 11 is 7.65. The third-order valence-electron chi connectivity index (χ3n) is 4.10. The highest BCUT2D eigenvalue weighted by atomic mass is 35.5. The van der Waals surface area contributed by atoms with Gasteiger partial charge in [-0.1, -0.05) is 35.5 Å². The van der Waals surface area contributed by atoms with E-state index in [1.165, 1.54) is 0 Å². The second-order valence-corrected chi connectivity index (χ2v) is 6.97.